The van der Waals surface area contributed by atoms with E-state index in [2.05, 4.69) is 9.97 Å². The third-order valence-electron chi connectivity index (χ3n) is 2.39. The maximum atomic E-state index is 9.96. The summed E-state index contributed by atoms with van der Waals surface area (Å²) in [5.41, 5.74) is 0.664. The normalized spacial score (nSPS) is 13.6. The van der Waals surface area contributed by atoms with E-state index in [1.54, 1.807) is 6.07 Å². The largest absolute Gasteiger partial charge is 0.478 e. The van der Waals surface area contributed by atoms with Gasteiger partial charge in [0.1, 0.15) is 6.33 Å². The monoisotopic (exact) mass is 224 g/mol. The fourth-order valence-corrected chi connectivity index (χ4v) is 1.22. The van der Waals surface area contributed by atoms with Crippen LogP contribution in [-0.2, 0) is 6.42 Å². The van der Waals surface area contributed by atoms with Crippen molar-refractivity contribution in [1.82, 2.24) is 9.97 Å². The Morgan fingerprint density at radius 2 is 2.06 bits per heavy atom. The topological polar surface area (TPSA) is 55.2 Å². The molecular formula is C12H20N2O2. The maximum Gasteiger partial charge on any atom is 0.216 e. The van der Waals surface area contributed by atoms with E-state index in [-0.39, 0.29) is 5.41 Å². The Morgan fingerprint density at radius 1 is 1.38 bits per heavy atom. The number of rotatable bonds is 4. The number of nitrogens with zero attached hydrogens (tertiary/aromatic N) is 2. The molecule has 4 heteroatoms. The van der Waals surface area contributed by atoms with E-state index in [1.807, 2.05) is 27.7 Å². The summed E-state index contributed by atoms with van der Waals surface area (Å²) in [5.74, 6) is 0.564. The van der Waals surface area contributed by atoms with Gasteiger partial charge in [-0.1, -0.05) is 20.8 Å². The van der Waals surface area contributed by atoms with Crippen LogP contribution >= 0.6 is 0 Å². The van der Waals surface area contributed by atoms with Gasteiger partial charge in [0, 0.05) is 12.5 Å². The molecule has 0 fully saturated rings. The second-order valence-corrected chi connectivity index (χ2v) is 4.87. The molecule has 90 valence electrons. The molecular weight excluding hydrogens is 204 g/mol. The minimum absolute atomic E-state index is 0.142. The van der Waals surface area contributed by atoms with Crippen LogP contribution in [0.25, 0.3) is 0 Å². The summed E-state index contributed by atoms with van der Waals surface area (Å²) in [4.78, 5) is 8.11. The Kier molecular flexibility index (Phi) is 4.24. The third kappa shape index (κ3) is 3.77. The lowest BCUT2D eigenvalue weighted by atomic mass is 9.86. The van der Waals surface area contributed by atoms with Gasteiger partial charge in [-0.15, -0.1) is 0 Å². The van der Waals surface area contributed by atoms with E-state index in [9.17, 15) is 5.11 Å². The first-order chi connectivity index (χ1) is 7.43. The zero-order chi connectivity index (χ0) is 12.2. The zero-order valence-electron chi connectivity index (χ0n) is 10.4. The SMILES string of the molecule is CCOc1cc(CC(O)C(C)(C)C)ncn1. The van der Waals surface area contributed by atoms with E-state index < -0.39 is 6.10 Å². The highest BCUT2D eigenvalue weighted by molar-refractivity contribution is 5.14. The molecule has 1 rings (SSSR count). The number of aliphatic hydroxyl groups is 1. The van der Waals surface area contributed by atoms with Gasteiger partial charge in [0.25, 0.3) is 0 Å². The van der Waals surface area contributed by atoms with E-state index in [1.165, 1.54) is 6.33 Å². The van der Waals surface area contributed by atoms with Crippen LogP contribution in [0.1, 0.15) is 33.4 Å². The Hall–Kier alpha value is -1.16. The first kappa shape index (κ1) is 12.9. The van der Waals surface area contributed by atoms with Gasteiger partial charge in [0.2, 0.25) is 5.88 Å². The van der Waals surface area contributed by atoms with Gasteiger partial charge >= 0.3 is 0 Å². The lowest BCUT2D eigenvalue weighted by Crippen LogP contribution is -2.28. The third-order valence-corrected chi connectivity index (χ3v) is 2.39. The Morgan fingerprint density at radius 3 is 2.62 bits per heavy atom. The van der Waals surface area contributed by atoms with Gasteiger partial charge in [0.05, 0.1) is 18.4 Å². The van der Waals surface area contributed by atoms with Crippen molar-refractivity contribution < 1.29 is 9.84 Å². The quantitative estimate of drug-likeness (QED) is 0.847. The number of hydrogen-bond acceptors (Lipinski definition) is 4. The molecule has 0 aliphatic rings. The van der Waals surface area contributed by atoms with Crippen LogP contribution in [0, 0.1) is 5.41 Å². The van der Waals surface area contributed by atoms with Crippen molar-refractivity contribution in [1.29, 1.82) is 0 Å². The maximum absolute atomic E-state index is 9.96. The lowest BCUT2D eigenvalue weighted by Gasteiger charge is -2.25. The molecule has 4 nitrogen and oxygen atoms in total. The highest BCUT2D eigenvalue weighted by Gasteiger charge is 2.22. The molecule has 0 radical (unpaired) electrons. The van der Waals surface area contributed by atoms with E-state index >= 15 is 0 Å². The summed E-state index contributed by atoms with van der Waals surface area (Å²) < 4.78 is 5.28. The fourth-order valence-electron chi connectivity index (χ4n) is 1.22. The lowest BCUT2D eigenvalue weighted by molar-refractivity contribution is 0.0627. The van der Waals surface area contributed by atoms with Crippen molar-refractivity contribution >= 4 is 0 Å². The van der Waals surface area contributed by atoms with Crippen molar-refractivity contribution in [2.24, 2.45) is 5.41 Å². The van der Waals surface area contributed by atoms with Crippen molar-refractivity contribution in [3.05, 3.63) is 18.1 Å². The summed E-state index contributed by atoms with van der Waals surface area (Å²) in [6.07, 6.45) is 1.57. The summed E-state index contributed by atoms with van der Waals surface area (Å²) in [7, 11) is 0. The highest BCUT2D eigenvalue weighted by Crippen LogP contribution is 2.22. The summed E-state index contributed by atoms with van der Waals surface area (Å²) >= 11 is 0. The second kappa shape index (κ2) is 5.25. The van der Waals surface area contributed by atoms with Crippen LogP contribution in [0.4, 0.5) is 0 Å². The van der Waals surface area contributed by atoms with Gasteiger partial charge in [-0.05, 0) is 12.3 Å². The van der Waals surface area contributed by atoms with E-state index in [0.717, 1.165) is 5.69 Å². The predicted octanol–water partition coefficient (Wildman–Crippen LogP) is 1.82. The molecule has 0 aliphatic heterocycles. The van der Waals surface area contributed by atoms with Crippen LogP contribution in [-0.4, -0.2) is 27.8 Å². The van der Waals surface area contributed by atoms with Gasteiger partial charge in [-0.3, -0.25) is 0 Å². The van der Waals surface area contributed by atoms with Crippen LogP contribution < -0.4 is 4.74 Å². The molecule has 0 aromatic carbocycles. The average molecular weight is 224 g/mol. The van der Waals surface area contributed by atoms with Crippen LogP contribution in [0.15, 0.2) is 12.4 Å². The fraction of sp³-hybridized carbons (Fsp3) is 0.667. The zero-order valence-corrected chi connectivity index (χ0v) is 10.4. The summed E-state index contributed by atoms with van der Waals surface area (Å²) in [6, 6.07) is 1.78. The second-order valence-electron chi connectivity index (χ2n) is 4.87. The Labute approximate surface area is 96.7 Å². The Bertz CT molecular complexity index is 334. The standard InChI is InChI=1S/C12H20N2O2/c1-5-16-11-7-9(13-8-14-11)6-10(15)12(2,3)4/h7-8,10,15H,5-6H2,1-4H3. The molecule has 0 spiro atoms. The molecule has 0 amide bonds. The van der Waals surface area contributed by atoms with Crippen molar-refractivity contribution in [2.75, 3.05) is 6.61 Å². The first-order valence-electron chi connectivity index (χ1n) is 5.55. The molecule has 0 saturated carbocycles. The van der Waals surface area contributed by atoms with Gasteiger partial charge in [-0.2, -0.15) is 0 Å². The number of hydrogen-bond donors (Lipinski definition) is 1. The molecule has 0 saturated heterocycles. The molecule has 0 bridgehead atoms. The molecule has 1 N–H and O–H groups in total. The van der Waals surface area contributed by atoms with Gasteiger partial charge < -0.3 is 9.84 Å². The summed E-state index contributed by atoms with van der Waals surface area (Å²) in [5, 5.41) is 9.96. The number of aromatic nitrogens is 2. The number of ether oxygens (including phenoxy) is 1. The molecule has 1 aromatic heterocycles. The van der Waals surface area contributed by atoms with Crippen LogP contribution in [0.5, 0.6) is 5.88 Å². The van der Waals surface area contributed by atoms with Crippen molar-refractivity contribution in [2.45, 2.75) is 40.2 Å². The van der Waals surface area contributed by atoms with Crippen LogP contribution in [0.2, 0.25) is 0 Å². The predicted molar refractivity (Wildman–Crippen MR) is 62.4 cm³/mol. The van der Waals surface area contributed by atoms with E-state index in [4.69, 9.17) is 4.74 Å². The minimum Gasteiger partial charge on any atom is -0.478 e. The summed E-state index contributed by atoms with van der Waals surface area (Å²) in [6.45, 7) is 8.50. The number of aliphatic hydroxyl groups excluding tert-OH is 1. The van der Waals surface area contributed by atoms with Crippen molar-refractivity contribution in [3.8, 4) is 5.88 Å². The van der Waals surface area contributed by atoms with E-state index in [0.29, 0.717) is 18.9 Å². The van der Waals surface area contributed by atoms with Gasteiger partial charge in [0.15, 0.2) is 0 Å². The molecule has 1 unspecified atom stereocenters. The first-order valence-corrected chi connectivity index (χ1v) is 5.55. The van der Waals surface area contributed by atoms with Gasteiger partial charge in [-0.25, -0.2) is 9.97 Å². The minimum atomic E-state index is -0.420. The molecule has 16 heavy (non-hydrogen) atoms. The molecule has 1 heterocycles. The molecule has 1 aromatic rings. The van der Waals surface area contributed by atoms with Crippen molar-refractivity contribution in [3.63, 3.8) is 0 Å². The molecule has 0 aliphatic carbocycles. The average Bonchev–Trinajstić information content (AvgIpc) is 2.17. The smallest absolute Gasteiger partial charge is 0.216 e. The molecule has 1 atom stereocenters. The Balaban J connectivity index is 2.70. The van der Waals surface area contributed by atoms with Crippen LogP contribution in [0.3, 0.4) is 0 Å². The highest BCUT2D eigenvalue weighted by atomic mass is 16.5.